The van der Waals surface area contributed by atoms with Gasteiger partial charge in [-0.3, -0.25) is 9.59 Å². The summed E-state index contributed by atoms with van der Waals surface area (Å²) >= 11 is 0. The highest BCUT2D eigenvalue weighted by Gasteiger charge is 2.70. The fourth-order valence-corrected chi connectivity index (χ4v) is 10.7. The summed E-state index contributed by atoms with van der Waals surface area (Å²) in [6, 6.07) is 0. The Morgan fingerprint density at radius 2 is 1.63 bits per heavy atom. The molecule has 0 radical (unpaired) electrons. The molecule has 4 heteroatoms. The van der Waals surface area contributed by atoms with Gasteiger partial charge >= 0.3 is 5.97 Å². The van der Waals surface area contributed by atoms with Crippen LogP contribution in [0.1, 0.15) is 113 Å². The van der Waals surface area contributed by atoms with Crippen LogP contribution in [0.4, 0.5) is 0 Å². The summed E-state index contributed by atoms with van der Waals surface area (Å²) in [7, 11) is 0. The fraction of sp³-hybridized carbons (Fsp3) is 0.871. The number of hydrogen-bond donors (Lipinski definition) is 2. The lowest BCUT2D eigenvalue weighted by molar-refractivity contribution is -0.202. The maximum atomic E-state index is 14.3. The number of carboxylic acid groups (broad SMARTS) is 1. The summed E-state index contributed by atoms with van der Waals surface area (Å²) < 4.78 is 0. The number of fused-ring (bicyclic) bond motifs is 7. The fourth-order valence-electron chi connectivity index (χ4n) is 10.7. The van der Waals surface area contributed by atoms with E-state index < -0.39 is 11.4 Å². The Labute approximate surface area is 212 Å². The summed E-state index contributed by atoms with van der Waals surface area (Å²) in [6.45, 7) is 16.0. The summed E-state index contributed by atoms with van der Waals surface area (Å²) in [4.78, 5) is 26.7. The molecule has 5 aliphatic carbocycles. The molecule has 2 N–H and O–H groups in total. The summed E-state index contributed by atoms with van der Waals surface area (Å²) in [5, 5.41) is 21.1. The second-order valence-electron chi connectivity index (χ2n) is 15.0. The first-order valence-electron chi connectivity index (χ1n) is 14.3. The number of rotatable bonds is 2. The first-order chi connectivity index (χ1) is 16.1. The summed E-state index contributed by atoms with van der Waals surface area (Å²) in [5.74, 6) is 0.104. The molecule has 1 unspecified atom stereocenters. The average Bonchev–Trinajstić information content (AvgIpc) is 2.78. The molecular formula is C31H48O4. The first kappa shape index (κ1) is 25.5. The minimum atomic E-state index is -0.669. The van der Waals surface area contributed by atoms with Crippen molar-refractivity contribution < 1.29 is 19.8 Å². The molecular weight excluding hydrogens is 436 g/mol. The predicted molar refractivity (Wildman–Crippen MR) is 138 cm³/mol. The highest BCUT2D eigenvalue weighted by atomic mass is 16.4. The van der Waals surface area contributed by atoms with Crippen LogP contribution in [0.15, 0.2) is 11.6 Å². The zero-order chi connectivity index (χ0) is 25.8. The van der Waals surface area contributed by atoms with Gasteiger partial charge in [-0.1, -0.05) is 54.0 Å². The molecule has 35 heavy (non-hydrogen) atoms. The number of allylic oxidation sites excluding steroid dienone is 2. The van der Waals surface area contributed by atoms with E-state index in [1.807, 2.05) is 13.0 Å². The number of carbonyl (C=O) groups is 2. The second-order valence-corrected chi connectivity index (χ2v) is 15.0. The number of hydrogen-bond acceptors (Lipinski definition) is 3. The highest BCUT2D eigenvalue weighted by molar-refractivity contribution is 5.95. The van der Waals surface area contributed by atoms with E-state index in [1.54, 1.807) is 0 Å². The zero-order valence-electron chi connectivity index (χ0n) is 23.2. The predicted octanol–water partition coefficient (Wildman–Crippen LogP) is 6.80. The first-order valence-corrected chi connectivity index (χ1v) is 14.3. The molecule has 5 rings (SSSR count). The van der Waals surface area contributed by atoms with E-state index in [0.717, 1.165) is 51.4 Å². The lowest BCUT2D eigenvalue weighted by Gasteiger charge is -2.70. The number of ketones is 1. The molecule has 0 amide bonds. The molecule has 0 saturated heterocycles. The zero-order valence-corrected chi connectivity index (χ0v) is 23.2. The third-order valence-electron chi connectivity index (χ3n) is 13.6. The Kier molecular flexibility index (Phi) is 5.43. The van der Waals surface area contributed by atoms with Gasteiger partial charge in [0.05, 0.1) is 11.5 Å². The standard InChI is InChI=1S/C31H48O4/c1-8-31(25(34)35)16-14-27(4)13-15-29(6)19(20(27)18-31)17-21(32)24-28(5)11-10-23(33)26(2,3)22(28)9-12-30(24,29)7/h17,20,22-24,33H,8-16,18H2,1-7H3,(H,34,35)/t20-,22?,23-,24+,27-,28-,29+,30+,31-/m0/s1. The lowest BCUT2D eigenvalue weighted by atomic mass is 9.33. The Morgan fingerprint density at radius 3 is 2.26 bits per heavy atom. The van der Waals surface area contributed by atoms with Gasteiger partial charge in [0, 0.05) is 5.92 Å². The Bertz CT molecular complexity index is 980. The number of carboxylic acids is 1. The van der Waals surface area contributed by atoms with Crippen molar-refractivity contribution in [1.82, 2.24) is 0 Å². The van der Waals surface area contributed by atoms with Gasteiger partial charge in [0.1, 0.15) is 0 Å². The molecule has 0 aromatic rings. The quantitative estimate of drug-likeness (QED) is 0.452. The van der Waals surface area contributed by atoms with Gasteiger partial charge in [-0.05, 0) is 109 Å². The minimum absolute atomic E-state index is 0.0300. The third-order valence-corrected chi connectivity index (χ3v) is 13.6. The van der Waals surface area contributed by atoms with Gasteiger partial charge in [-0.25, -0.2) is 0 Å². The van der Waals surface area contributed by atoms with Crippen LogP contribution in [-0.4, -0.2) is 28.1 Å². The van der Waals surface area contributed by atoms with Crippen molar-refractivity contribution in [3.63, 3.8) is 0 Å². The van der Waals surface area contributed by atoms with E-state index in [2.05, 4.69) is 41.5 Å². The second kappa shape index (κ2) is 7.45. The molecule has 9 atom stereocenters. The van der Waals surface area contributed by atoms with Crippen molar-refractivity contribution in [3.05, 3.63) is 11.6 Å². The van der Waals surface area contributed by atoms with E-state index >= 15 is 0 Å². The molecule has 4 nitrogen and oxygen atoms in total. The van der Waals surface area contributed by atoms with Crippen LogP contribution in [0.2, 0.25) is 0 Å². The highest BCUT2D eigenvalue weighted by Crippen LogP contribution is 2.75. The number of aliphatic carboxylic acids is 1. The average molecular weight is 485 g/mol. The van der Waals surface area contributed by atoms with E-state index in [4.69, 9.17) is 0 Å². The molecule has 0 spiro atoms. The monoisotopic (exact) mass is 484 g/mol. The van der Waals surface area contributed by atoms with Gasteiger partial charge in [0.15, 0.2) is 5.78 Å². The number of carbonyl (C=O) groups excluding carboxylic acids is 1. The van der Waals surface area contributed by atoms with E-state index in [1.165, 1.54) is 5.57 Å². The number of aliphatic hydroxyl groups is 1. The maximum absolute atomic E-state index is 14.3. The van der Waals surface area contributed by atoms with Gasteiger partial charge in [0.2, 0.25) is 0 Å². The van der Waals surface area contributed by atoms with Crippen molar-refractivity contribution in [2.45, 2.75) is 119 Å². The van der Waals surface area contributed by atoms with Crippen LogP contribution in [0.3, 0.4) is 0 Å². The molecule has 0 aromatic heterocycles. The van der Waals surface area contributed by atoms with E-state index in [-0.39, 0.29) is 50.8 Å². The van der Waals surface area contributed by atoms with Crippen LogP contribution in [0, 0.1) is 50.2 Å². The SMILES string of the molecule is CC[C@]1(C(=O)O)CC[C@]2(C)CC[C@]3(C)C(=CC(=O)[C@@H]4[C@@]5(C)CC[C@H](O)C(C)(C)C5CC[C@]43C)[C@@H]2C1. The van der Waals surface area contributed by atoms with E-state index in [0.29, 0.717) is 18.8 Å². The molecule has 0 aliphatic heterocycles. The molecule has 196 valence electrons. The topological polar surface area (TPSA) is 74.6 Å². The van der Waals surface area contributed by atoms with Crippen molar-refractivity contribution in [1.29, 1.82) is 0 Å². The Morgan fingerprint density at radius 1 is 0.971 bits per heavy atom. The van der Waals surface area contributed by atoms with Crippen LogP contribution in [0.25, 0.3) is 0 Å². The van der Waals surface area contributed by atoms with Crippen LogP contribution in [-0.2, 0) is 9.59 Å². The molecule has 0 aromatic carbocycles. The third kappa shape index (κ3) is 3.01. The van der Waals surface area contributed by atoms with Gasteiger partial charge in [-0.15, -0.1) is 0 Å². The smallest absolute Gasteiger partial charge is 0.309 e. The van der Waals surface area contributed by atoms with Crippen molar-refractivity contribution >= 4 is 11.8 Å². The van der Waals surface area contributed by atoms with Crippen LogP contribution >= 0.6 is 0 Å². The summed E-state index contributed by atoms with van der Waals surface area (Å²) in [5.41, 5.74) is 0.188. The van der Waals surface area contributed by atoms with Crippen LogP contribution < -0.4 is 0 Å². The van der Waals surface area contributed by atoms with Gasteiger partial charge in [0.25, 0.3) is 0 Å². The van der Waals surface area contributed by atoms with Gasteiger partial charge < -0.3 is 10.2 Å². The van der Waals surface area contributed by atoms with Crippen LogP contribution in [0.5, 0.6) is 0 Å². The normalized spacial score (nSPS) is 52.9. The Hall–Kier alpha value is -1.16. The molecule has 0 heterocycles. The van der Waals surface area contributed by atoms with Crippen molar-refractivity contribution in [2.75, 3.05) is 0 Å². The van der Waals surface area contributed by atoms with Crippen molar-refractivity contribution in [2.24, 2.45) is 50.2 Å². The molecule has 5 aliphatic rings. The molecule has 4 fully saturated rings. The Balaban J connectivity index is 1.62. The van der Waals surface area contributed by atoms with Crippen molar-refractivity contribution in [3.8, 4) is 0 Å². The number of aliphatic hydroxyl groups excluding tert-OH is 1. The summed E-state index contributed by atoms with van der Waals surface area (Å²) in [6.07, 6.45) is 10.7. The maximum Gasteiger partial charge on any atom is 0.309 e. The van der Waals surface area contributed by atoms with E-state index in [9.17, 15) is 19.8 Å². The molecule has 0 bridgehead atoms. The largest absolute Gasteiger partial charge is 0.481 e. The molecule has 4 saturated carbocycles. The minimum Gasteiger partial charge on any atom is -0.481 e. The lowest BCUT2D eigenvalue weighted by Crippen LogP contribution is -2.66. The van der Waals surface area contributed by atoms with Gasteiger partial charge in [-0.2, -0.15) is 0 Å².